The molecule has 3 rings (SSSR count). The number of thioether (sulfide) groups is 1. The number of amides is 1. The molecule has 1 amide bonds. The molecular formula is C20H16N2O2S. The molecule has 1 heterocycles. The average Bonchev–Trinajstić information content (AvgIpc) is 2.95. The number of nitrogens with zero attached hydrogens (tertiary/aromatic N) is 1. The summed E-state index contributed by atoms with van der Waals surface area (Å²) in [4.78, 5) is 17.2. The summed E-state index contributed by atoms with van der Waals surface area (Å²) in [5.41, 5.74) is 2.88. The van der Waals surface area contributed by atoms with Crippen LogP contribution in [0.25, 0.3) is 6.08 Å². The molecule has 0 aliphatic carbocycles. The molecule has 0 saturated carbocycles. The van der Waals surface area contributed by atoms with Gasteiger partial charge in [0.25, 0.3) is 5.91 Å². The fourth-order valence-corrected chi connectivity index (χ4v) is 3.00. The number of ether oxygens (including phenoxy) is 1. The number of rotatable bonds is 4. The molecule has 25 heavy (non-hydrogen) atoms. The van der Waals surface area contributed by atoms with Crippen LogP contribution in [0.3, 0.4) is 0 Å². The van der Waals surface area contributed by atoms with Gasteiger partial charge >= 0.3 is 0 Å². The van der Waals surface area contributed by atoms with Crippen LogP contribution in [0.4, 0.5) is 5.69 Å². The molecule has 5 heteroatoms. The Balaban J connectivity index is 1.72. The van der Waals surface area contributed by atoms with Crippen molar-refractivity contribution in [2.45, 2.75) is 6.92 Å². The van der Waals surface area contributed by atoms with E-state index >= 15 is 0 Å². The molecule has 0 unspecified atom stereocenters. The van der Waals surface area contributed by atoms with Crippen molar-refractivity contribution in [3.05, 3.63) is 64.6 Å². The van der Waals surface area contributed by atoms with Gasteiger partial charge in [0.15, 0.2) is 5.17 Å². The predicted molar refractivity (Wildman–Crippen MR) is 103 cm³/mol. The maximum Gasteiger partial charge on any atom is 0.264 e. The van der Waals surface area contributed by atoms with Crippen molar-refractivity contribution in [3.63, 3.8) is 0 Å². The van der Waals surface area contributed by atoms with Crippen LogP contribution in [0, 0.1) is 19.3 Å². The lowest BCUT2D eigenvalue weighted by molar-refractivity contribution is -0.115. The van der Waals surface area contributed by atoms with Gasteiger partial charge in [-0.15, -0.1) is 6.42 Å². The number of hydrogen-bond donors (Lipinski definition) is 1. The third kappa shape index (κ3) is 4.52. The summed E-state index contributed by atoms with van der Waals surface area (Å²) >= 11 is 1.32. The normalized spacial score (nSPS) is 16.7. The molecular weight excluding hydrogens is 332 g/mol. The lowest BCUT2D eigenvalue weighted by Crippen LogP contribution is -2.19. The average molecular weight is 348 g/mol. The van der Waals surface area contributed by atoms with E-state index in [0.29, 0.717) is 15.8 Å². The maximum atomic E-state index is 12.1. The van der Waals surface area contributed by atoms with E-state index in [1.807, 2.05) is 61.5 Å². The third-order valence-corrected chi connectivity index (χ3v) is 4.33. The number of aliphatic imine (C=N–C) groups is 1. The standard InChI is InChI=1S/C20H16N2O2S/c1-3-12-24-17-10-6-15(7-11-17)13-18-19(23)22-20(25-18)21-16-8-4-14(2)5-9-16/h1,4-11,13H,12H2,2H3,(H,21,22,23). The Morgan fingerprint density at radius 3 is 2.60 bits per heavy atom. The van der Waals surface area contributed by atoms with Gasteiger partial charge in [0.2, 0.25) is 0 Å². The smallest absolute Gasteiger partial charge is 0.264 e. The molecule has 1 aliphatic rings. The number of nitrogens with one attached hydrogen (secondary N) is 1. The second-order valence-corrected chi connectivity index (χ2v) is 6.41. The van der Waals surface area contributed by atoms with E-state index in [0.717, 1.165) is 11.3 Å². The molecule has 0 radical (unpaired) electrons. The summed E-state index contributed by atoms with van der Waals surface area (Å²) in [5.74, 6) is 2.97. The van der Waals surface area contributed by atoms with Crippen molar-refractivity contribution in [1.82, 2.24) is 5.32 Å². The molecule has 1 fully saturated rings. The zero-order chi connectivity index (χ0) is 17.6. The minimum absolute atomic E-state index is 0.150. The van der Waals surface area contributed by atoms with Crippen LogP contribution in [0.15, 0.2) is 58.4 Å². The molecule has 0 atom stereocenters. The Kier molecular flexibility index (Phi) is 5.22. The topological polar surface area (TPSA) is 50.7 Å². The minimum atomic E-state index is -0.150. The second-order valence-electron chi connectivity index (χ2n) is 5.38. The minimum Gasteiger partial charge on any atom is -0.481 e. The maximum absolute atomic E-state index is 12.1. The first kappa shape index (κ1) is 16.9. The van der Waals surface area contributed by atoms with Crippen molar-refractivity contribution in [2.75, 3.05) is 6.61 Å². The van der Waals surface area contributed by atoms with Crippen molar-refractivity contribution in [1.29, 1.82) is 0 Å². The van der Waals surface area contributed by atoms with E-state index in [9.17, 15) is 4.79 Å². The summed E-state index contributed by atoms with van der Waals surface area (Å²) in [5, 5.41) is 3.36. The predicted octanol–water partition coefficient (Wildman–Crippen LogP) is 3.90. The van der Waals surface area contributed by atoms with Crippen molar-refractivity contribution >= 4 is 34.6 Å². The molecule has 1 N–H and O–H groups in total. The van der Waals surface area contributed by atoms with Gasteiger partial charge in [0.05, 0.1) is 10.6 Å². The first-order chi connectivity index (χ1) is 12.1. The van der Waals surface area contributed by atoms with Crippen LogP contribution in [-0.2, 0) is 4.79 Å². The highest BCUT2D eigenvalue weighted by molar-refractivity contribution is 8.18. The highest BCUT2D eigenvalue weighted by atomic mass is 32.2. The van der Waals surface area contributed by atoms with Gasteiger partial charge in [-0.25, -0.2) is 4.99 Å². The van der Waals surface area contributed by atoms with E-state index < -0.39 is 0 Å². The summed E-state index contributed by atoms with van der Waals surface area (Å²) in [6.07, 6.45) is 6.99. The highest BCUT2D eigenvalue weighted by Crippen LogP contribution is 2.28. The summed E-state index contributed by atoms with van der Waals surface area (Å²) in [6, 6.07) is 15.2. The lowest BCUT2D eigenvalue weighted by atomic mass is 10.2. The summed E-state index contributed by atoms with van der Waals surface area (Å²) < 4.78 is 5.33. The third-order valence-electron chi connectivity index (χ3n) is 3.42. The lowest BCUT2D eigenvalue weighted by Gasteiger charge is -2.02. The molecule has 1 aliphatic heterocycles. The van der Waals surface area contributed by atoms with Crippen LogP contribution >= 0.6 is 11.8 Å². The van der Waals surface area contributed by atoms with Crippen LogP contribution in [0.5, 0.6) is 5.75 Å². The molecule has 2 aromatic rings. The fraction of sp³-hybridized carbons (Fsp3) is 0.100. The van der Waals surface area contributed by atoms with Gasteiger partial charge < -0.3 is 10.1 Å². The zero-order valence-electron chi connectivity index (χ0n) is 13.7. The van der Waals surface area contributed by atoms with Gasteiger partial charge in [0.1, 0.15) is 12.4 Å². The van der Waals surface area contributed by atoms with E-state index in [4.69, 9.17) is 11.2 Å². The van der Waals surface area contributed by atoms with Gasteiger partial charge in [-0.2, -0.15) is 0 Å². The van der Waals surface area contributed by atoms with Crippen molar-refractivity contribution in [2.24, 2.45) is 4.99 Å². The molecule has 1 saturated heterocycles. The number of terminal acetylenes is 1. The first-order valence-corrected chi connectivity index (χ1v) is 8.48. The zero-order valence-corrected chi connectivity index (χ0v) is 14.5. The Morgan fingerprint density at radius 1 is 1.20 bits per heavy atom. The number of benzene rings is 2. The van der Waals surface area contributed by atoms with E-state index in [2.05, 4.69) is 16.2 Å². The van der Waals surface area contributed by atoms with Gasteiger partial charge in [-0.1, -0.05) is 35.7 Å². The molecule has 0 bridgehead atoms. The molecule has 0 spiro atoms. The highest BCUT2D eigenvalue weighted by Gasteiger charge is 2.23. The van der Waals surface area contributed by atoms with E-state index in [-0.39, 0.29) is 12.5 Å². The molecule has 2 aromatic carbocycles. The van der Waals surface area contributed by atoms with E-state index in [1.54, 1.807) is 0 Å². The van der Waals surface area contributed by atoms with Crippen LogP contribution in [0.2, 0.25) is 0 Å². The fourth-order valence-electron chi connectivity index (χ4n) is 2.15. The Bertz CT molecular complexity index is 875. The summed E-state index contributed by atoms with van der Waals surface area (Å²) in [6.45, 7) is 2.25. The number of carbonyl (C=O) groups is 1. The Hall–Kier alpha value is -2.97. The van der Waals surface area contributed by atoms with Crippen LogP contribution in [0.1, 0.15) is 11.1 Å². The van der Waals surface area contributed by atoms with Gasteiger partial charge in [-0.05, 0) is 54.6 Å². The number of carbonyl (C=O) groups excluding carboxylic acids is 1. The molecule has 124 valence electrons. The SMILES string of the molecule is C#CCOc1ccc(C=C2SC(=Nc3ccc(C)cc3)NC2=O)cc1. The monoisotopic (exact) mass is 348 g/mol. The first-order valence-electron chi connectivity index (χ1n) is 7.66. The van der Waals surface area contributed by atoms with E-state index in [1.165, 1.54) is 17.3 Å². The van der Waals surface area contributed by atoms with Gasteiger partial charge in [-0.3, -0.25) is 4.79 Å². The quantitative estimate of drug-likeness (QED) is 0.673. The number of hydrogen-bond acceptors (Lipinski definition) is 4. The molecule has 4 nitrogen and oxygen atoms in total. The van der Waals surface area contributed by atoms with Crippen LogP contribution in [-0.4, -0.2) is 17.7 Å². The van der Waals surface area contributed by atoms with Crippen LogP contribution < -0.4 is 10.1 Å². The molecule has 0 aromatic heterocycles. The van der Waals surface area contributed by atoms with Crippen molar-refractivity contribution < 1.29 is 9.53 Å². The van der Waals surface area contributed by atoms with Crippen molar-refractivity contribution in [3.8, 4) is 18.1 Å². The Labute approximate surface area is 151 Å². The second kappa shape index (κ2) is 7.73. The van der Waals surface area contributed by atoms with Gasteiger partial charge in [0, 0.05) is 0 Å². The largest absolute Gasteiger partial charge is 0.481 e. The number of amidine groups is 1. The Morgan fingerprint density at radius 2 is 1.92 bits per heavy atom. The summed E-state index contributed by atoms with van der Waals surface area (Å²) in [7, 11) is 0. The number of aryl methyl sites for hydroxylation is 1.